The summed E-state index contributed by atoms with van der Waals surface area (Å²) < 4.78 is 4.47. The van der Waals surface area contributed by atoms with Gasteiger partial charge in [-0.25, -0.2) is 4.79 Å². The minimum absolute atomic E-state index is 0.405. The molecule has 58 valence electrons. The van der Waals surface area contributed by atoms with Gasteiger partial charge < -0.3 is 8.80 Å². The van der Waals surface area contributed by atoms with Gasteiger partial charge in [0.05, 0.1) is 5.56 Å². The third-order valence-electron chi connectivity index (χ3n) is 1.25. The molecule has 1 aromatic carbocycles. The molecule has 0 radical (unpaired) electrons. The first kappa shape index (κ1) is 8.32. The Bertz CT molecular complexity index is 275. The maximum Gasteiger partial charge on any atom is 0.349 e. The van der Waals surface area contributed by atoms with E-state index in [0.29, 0.717) is 11.3 Å². The lowest BCUT2D eigenvalue weighted by molar-refractivity contribution is 0.0801. The summed E-state index contributed by atoms with van der Waals surface area (Å²) in [5.74, 6) is -0.413. The molecular formula is C7H6INO2. The van der Waals surface area contributed by atoms with E-state index in [4.69, 9.17) is 5.73 Å². The molecule has 0 aliphatic carbocycles. The number of nitrogens with two attached hydrogens (primary N) is 1. The van der Waals surface area contributed by atoms with Crippen LogP contribution in [0.3, 0.4) is 0 Å². The van der Waals surface area contributed by atoms with E-state index in [1.54, 1.807) is 24.3 Å². The SMILES string of the molecule is Nc1ccccc1C(=O)OI. The van der Waals surface area contributed by atoms with Crippen molar-refractivity contribution in [2.75, 3.05) is 5.73 Å². The van der Waals surface area contributed by atoms with E-state index < -0.39 is 5.97 Å². The standard InChI is InChI=1S/C7H6INO2/c8-11-7(10)5-3-1-2-4-6(5)9/h1-4H,9H2. The predicted molar refractivity (Wildman–Crippen MR) is 50.3 cm³/mol. The fourth-order valence-electron chi connectivity index (χ4n) is 0.724. The number of para-hydroxylation sites is 1. The summed E-state index contributed by atoms with van der Waals surface area (Å²) >= 11 is 1.53. The van der Waals surface area contributed by atoms with E-state index in [-0.39, 0.29) is 0 Å². The molecule has 0 spiro atoms. The lowest BCUT2D eigenvalue weighted by atomic mass is 10.2. The normalized spacial score (nSPS) is 9.18. The molecule has 0 aliphatic rings. The molecule has 0 saturated heterocycles. The fourth-order valence-corrected chi connectivity index (χ4v) is 0.962. The van der Waals surface area contributed by atoms with Crippen molar-refractivity contribution >= 4 is 34.7 Å². The van der Waals surface area contributed by atoms with Crippen molar-refractivity contribution in [2.45, 2.75) is 0 Å². The summed E-state index contributed by atoms with van der Waals surface area (Å²) in [6, 6.07) is 6.78. The molecule has 0 saturated carbocycles. The van der Waals surface area contributed by atoms with Crippen LogP contribution in [0.4, 0.5) is 5.69 Å². The van der Waals surface area contributed by atoms with Crippen molar-refractivity contribution in [1.82, 2.24) is 0 Å². The monoisotopic (exact) mass is 263 g/mol. The summed E-state index contributed by atoms with van der Waals surface area (Å²) in [5, 5.41) is 0. The third-order valence-corrected chi connectivity index (χ3v) is 1.65. The van der Waals surface area contributed by atoms with Crippen molar-refractivity contribution in [3.05, 3.63) is 29.8 Å². The fraction of sp³-hybridized carbons (Fsp3) is 0. The van der Waals surface area contributed by atoms with Gasteiger partial charge in [0.1, 0.15) is 0 Å². The Labute approximate surface area is 78.2 Å². The number of carbonyl (C=O) groups is 1. The Kier molecular flexibility index (Phi) is 2.70. The lowest BCUT2D eigenvalue weighted by Gasteiger charge is -1.99. The van der Waals surface area contributed by atoms with Gasteiger partial charge in [-0.1, -0.05) is 12.1 Å². The van der Waals surface area contributed by atoms with Gasteiger partial charge in [0.2, 0.25) is 0 Å². The summed E-state index contributed by atoms with van der Waals surface area (Å²) in [4.78, 5) is 10.9. The first-order chi connectivity index (χ1) is 5.25. The Hall–Kier alpha value is -0.780. The number of rotatable bonds is 1. The Morgan fingerprint density at radius 1 is 1.45 bits per heavy atom. The minimum Gasteiger partial charge on any atom is -0.398 e. The summed E-state index contributed by atoms with van der Waals surface area (Å²) in [5.41, 5.74) is 6.34. The highest BCUT2D eigenvalue weighted by atomic mass is 127. The maximum absolute atomic E-state index is 10.9. The number of nitrogen functional groups attached to an aromatic ring is 1. The smallest absolute Gasteiger partial charge is 0.349 e. The van der Waals surface area contributed by atoms with E-state index in [1.165, 1.54) is 23.0 Å². The Morgan fingerprint density at radius 2 is 2.09 bits per heavy atom. The van der Waals surface area contributed by atoms with Gasteiger partial charge in [0.15, 0.2) is 23.0 Å². The van der Waals surface area contributed by atoms with Crippen LogP contribution in [0, 0.1) is 0 Å². The van der Waals surface area contributed by atoms with E-state index in [0.717, 1.165) is 0 Å². The molecule has 1 rings (SSSR count). The number of halogens is 1. The zero-order chi connectivity index (χ0) is 8.27. The van der Waals surface area contributed by atoms with Gasteiger partial charge >= 0.3 is 5.97 Å². The summed E-state index contributed by atoms with van der Waals surface area (Å²) in [6.45, 7) is 0. The molecule has 0 heterocycles. The molecule has 0 atom stereocenters. The summed E-state index contributed by atoms with van der Waals surface area (Å²) in [6.07, 6.45) is 0. The molecule has 3 nitrogen and oxygen atoms in total. The third kappa shape index (κ3) is 1.83. The van der Waals surface area contributed by atoms with Crippen LogP contribution in [0.5, 0.6) is 0 Å². The summed E-state index contributed by atoms with van der Waals surface area (Å²) in [7, 11) is 0. The highest BCUT2D eigenvalue weighted by molar-refractivity contribution is 14.1. The Balaban J connectivity index is 3.03. The van der Waals surface area contributed by atoms with Gasteiger partial charge in [-0.3, -0.25) is 0 Å². The Morgan fingerprint density at radius 3 is 2.64 bits per heavy atom. The van der Waals surface area contributed by atoms with Crippen LogP contribution >= 0.6 is 23.0 Å². The largest absolute Gasteiger partial charge is 0.398 e. The van der Waals surface area contributed by atoms with Crippen LogP contribution in [0.15, 0.2) is 24.3 Å². The second kappa shape index (κ2) is 3.56. The van der Waals surface area contributed by atoms with Gasteiger partial charge in [-0.15, -0.1) is 0 Å². The second-order valence-electron chi connectivity index (χ2n) is 1.95. The first-order valence-electron chi connectivity index (χ1n) is 2.93. The van der Waals surface area contributed by atoms with Crippen molar-refractivity contribution < 1.29 is 7.86 Å². The highest BCUT2D eigenvalue weighted by Gasteiger charge is 2.07. The van der Waals surface area contributed by atoms with Crippen LogP contribution in [0.1, 0.15) is 10.4 Å². The predicted octanol–water partition coefficient (Wildman–Crippen LogP) is 1.78. The quantitative estimate of drug-likeness (QED) is 0.620. The van der Waals surface area contributed by atoms with E-state index in [9.17, 15) is 4.79 Å². The molecular weight excluding hydrogens is 257 g/mol. The zero-order valence-electron chi connectivity index (χ0n) is 5.58. The molecule has 0 unspecified atom stereocenters. The van der Waals surface area contributed by atoms with Crippen molar-refractivity contribution in [2.24, 2.45) is 0 Å². The van der Waals surface area contributed by atoms with Crippen molar-refractivity contribution in [3.63, 3.8) is 0 Å². The van der Waals surface area contributed by atoms with Gasteiger partial charge in [-0.05, 0) is 12.1 Å². The molecule has 2 N–H and O–H groups in total. The minimum atomic E-state index is -0.413. The average Bonchev–Trinajstić information content (AvgIpc) is 2.04. The first-order valence-corrected chi connectivity index (χ1v) is 3.81. The van der Waals surface area contributed by atoms with Gasteiger partial charge in [-0.2, -0.15) is 0 Å². The number of benzene rings is 1. The molecule has 0 bridgehead atoms. The van der Waals surface area contributed by atoms with Crippen LogP contribution < -0.4 is 5.73 Å². The van der Waals surface area contributed by atoms with Gasteiger partial charge in [0, 0.05) is 5.69 Å². The van der Waals surface area contributed by atoms with Crippen LogP contribution in [0.2, 0.25) is 0 Å². The maximum atomic E-state index is 10.9. The molecule has 4 heteroatoms. The molecule has 11 heavy (non-hydrogen) atoms. The van der Waals surface area contributed by atoms with Crippen LogP contribution in [0.25, 0.3) is 0 Å². The number of anilines is 1. The number of hydrogen-bond acceptors (Lipinski definition) is 3. The number of hydrogen-bond donors (Lipinski definition) is 1. The van der Waals surface area contributed by atoms with Crippen molar-refractivity contribution in [3.8, 4) is 0 Å². The second-order valence-corrected chi connectivity index (χ2v) is 2.39. The molecule has 0 fully saturated rings. The molecule has 0 aromatic heterocycles. The lowest BCUT2D eigenvalue weighted by Crippen LogP contribution is -2.02. The molecule has 1 aromatic rings. The average molecular weight is 263 g/mol. The van der Waals surface area contributed by atoms with Gasteiger partial charge in [0.25, 0.3) is 0 Å². The van der Waals surface area contributed by atoms with E-state index in [2.05, 4.69) is 3.07 Å². The topological polar surface area (TPSA) is 52.3 Å². The highest BCUT2D eigenvalue weighted by Crippen LogP contribution is 2.12. The van der Waals surface area contributed by atoms with Crippen molar-refractivity contribution in [1.29, 1.82) is 0 Å². The zero-order valence-corrected chi connectivity index (χ0v) is 7.74. The van der Waals surface area contributed by atoms with E-state index >= 15 is 0 Å². The van der Waals surface area contributed by atoms with Crippen LogP contribution in [-0.4, -0.2) is 5.97 Å². The molecule has 0 aliphatic heterocycles. The number of carbonyl (C=O) groups excluding carboxylic acids is 1. The van der Waals surface area contributed by atoms with E-state index in [1.807, 2.05) is 0 Å². The van der Waals surface area contributed by atoms with Crippen LogP contribution in [-0.2, 0) is 3.07 Å². The molecule has 0 amide bonds.